The van der Waals surface area contributed by atoms with Gasteiger partial charge in [0.1, 0.15) is 0 Å². The van der Waals surface area contributed by atoms with Gasteiger partial charge in [0, 0.05) is 0 Å². The Hall–Kier alpha value is -1.55. The molecule has 4 nitrogen and oxygen atoms in total. The van der Waals surface area contributed by atoms with E-state index >= 15 is 0 Å². The van der Waals surface area contributed by atoms with Crippen LogP contribution in [0, 0.1) is 0 Å². The standard InChI is InChI=1S/C11H12O4.ClH/c1-2-15-11(14)9(10(12)13)8-6-4-3-5-7-8;/h3-7,9H,2H2,1H3,(H,12,13);1H. The first-order valence-electron chi connectivity index (χ1n) is 4.61. The summed E-state index contributed by atoms with van der Waals surface area (Å²) in [7, 11) is 0. The number of carbonyl (C=O) groups is 2. The van der Waals surface area contributed by atoms with E-state index in [1.165, 1.54) is 0 Å². The maximum atomic E-state index is 11.4. The number of hydrogen-bond acceptors (Lipinski definition) is 3. The molecule has 0 radical (unpaired) electrons. The zero-order valence-corrected chi connectivity index (χ0v) is 9.57. The molecular weight excluding hydrogens is 232 g/mol. The van der Waals surface area contributed by atoms with Gasteiger partial charge in [0.15, 0.2) is 5.92 Å². The summed E-state index contributed by atoms with van der Waals surface area (Å²) < 4.78 is 4.70. The molecule has 1 rings (SSSR count). The Kier molecular flexibility index (Phi) is 6.18. The maximum absolute atomic E-state index is 11.4. The Morgan fingerprint density at radius 3 is 2.31 bits per heavy atom. The first-order valence-corrected chi connectivity index (χ1v) is 4.61. The largest absolute Gasteiger partial charge is 0.480 e. The molecule has 0 aromatic heterocycles. The maximum Gasteiger partial charge on any atom is 0.324 e. The molecule has 16 heavy (non-hydrogen) atoms. The van der Waals surface area contributed by atoms with Gasteiger partial charge in [-0.25, -0.2) is 0 Å². The lowest BCUT2D eigenvalue weighted by Gasteiger charge is -2.10. The lowest BCUT2D eigenvalue weighted by Crippen LogP contribution is -2.23. The van der Waals surface area contributed by atoms with Crippen molar-refractivity contribution in [2.24, 2.45) is 0 Å². The van der Waals surface area contributed by atoms with Crippen LogP contribution in [0.5, 0.6) is 0 Å². The normalized spacial score (nSPS) is 11.1. The van der Waals surface area contributed by atoms with Crippen LogP contribution in [0.25, 0.3) is 0 Å². The van der Waals surface area contributed by atoms with Crippen LogP contribution in [-0.4, -0.2) is 23.7 Å². The molecule has 0 aliphatic heterocycles. The molecule has 88 valence electrons. The van der Waals surface area contributed by atoms with E-state index in [2.05, 4.69) is 0 Å². The number of rotatable bonds is 4. The molecule has 0 saturated carbocycles. The van der Waals surface area contributed by atoms with Crippen molar-refractivity contribution < 1.29 is 19.4 Å². The minimum Gasteiger partial charge on any atom is -0.480 e. The second-order valence-corrected chi connectivity index (χ2v) is 2.93. The molecule has 0 spiro atoms. The fraction of sp³-hybridized carbons (Fsp3) is 0.273. The monoisotopic (exact) mass is 244 g/mol. The average molecular weight is 245 g/mol. The molecule has 0 amide bonds. The van der Waals surface area contributed by atoms with Crippen molar-refractivity contribution in [1.82, 2.24) is 0 Å². The summed E-state index contributed by atoms with van der Waals surface area (Å²) in [6, 6.07) is 8.31. The number of aliphatic carboxylic acids is 1. The molecule has 0 heterocycles. The van der Waals surface area contributed by atoms with Crippen LogP contribution in [0.4, 0.5) is 0 Å². The predicted molar refractivity (Wildman–Crippen MR) is 60.7 cm³/mol. The van der Waals surface area contributed by atoms with Gasteiger partial charge in [0.05, 0.1) is 6.61 Å². The Morgan fingerprint density at radius 2 is 1.88 bits per heavy atom. The average Bonchev–Trinajstić information content (AvgIpc) is 2.19. The van der Waals surface area contributed by atoms with Crippen molar-refractivity contribution in [3.63, 3.8) is 0 Å². The van der Waals surface area contributed by atoms with Gasteiger partial charge in [-0.3, -0.25) is 9.59 Å². The first-order chi connectivity index (χ1) is 7.16. The summed E-state index contributed by atoms with van der Waals surface area (Å²) in [6.45, 7) is 1.82. The second kappa shape index (κ2) is 6.85. The van der Waals surface area contributed by atoms with Crippen molar-refractivity contribution in [2.45, 2.75) is 12.8 Å². The van der Waals surface area contributed by atoms with Gasteiger partial charge >= 0.3 is 11.9 Å². The molecule has 1 aromatic rings. The van der Waals surface area contributed by atoms with Gasteiger partial charge < -0.3 is 9.84 Å². The van der Waals surface area contributed by atoms with Crippen molar-refractivity contribution >= 4 is 24.3 Å². The van der Waals surface area contributed by atoms with Crippen molar-refractivity contribution in [3.8, 4) is 0 Å². The lowest BCUT2D eigenvalue weighted by atomic mass is 10.00. The third kappa shape index (κ3) is 3.55. The van der Waals surface area contributed by atoms with Crippen LogP contribution >= 0.6 is 12.4 Å². The highest BCUT2D eigenvalue weighted by atomic mass is 35.5. The van der Waals surface area contributed by atoms with Gasteiger partial charge in [-0.1, -0.05) is 30.3 Å². The summed E-state index contributed by atoms with van der Waals surface area (Å²) in [5.41, 5.74) is 0.434. The van der Waals surface area contributed by atoms with Gasteiger partial charge in [0.25, 0.3) is 0 Å². The minimum atomic E-state index is -1.23. The number of hydrogen-bond donors (Lipinski definition) is 1. The SMILES string of the molecule is CCOC(=O)C(C(=O)O)c1ccccc1.Cl. The van der Waals surface area contributed by atoms with E-state index in [1.807, 2.05) is 0 Å². The Balaban J connectivity index is 0.00000225. The zero-order valence-electron chi connectivity index (χ0n) is 8.75. The smallest absolute Gasteiger partial charge is 0.324 e. The van der Waals surface area contributed by atoms with Crippen LogP contribution in [0.2, 0.25) is 0 Å². The number of carboxylic acid groups (broad SMARTS) is 1. The number of ether oxygens (including phenoxy) is 1. The summed E-state index contributed by atoms with van der Waals surface area (Å²) >= 11 is 0. The highest BCUT2D eigenvalue weighted by Gasteiger charge is 2.29. The number of carbonyl (C=O) groups excluding carboxylic acids is 1. The topological polar surface area (TPSA) is 63.6 Å². The molecule has 1 unspecified atom stereocenters. The van der Waals surface area contributed by atoms with Crippen molar-refractivity contribution in [2.75, 3.05) is 6.61 Å². The fourth-order valence-electron chi connectivity index (χ4n) is 1.25. The van der Waals surface area contributed by atoms with E-state index < -0.39 is 17.9 Å². The van der Waals surface area contributed by atoms with E-state index in [9.17, 15) is 9.59 Å². The number of carboxylic acids is 1. The lowest BCUT2D eigenvalue weighted by molar-refractivity contribution is -0.153. The highest BCUT2D eigenvalue weighted by molar-refractivity contribution is 5.99. The van der Waals surface area contributed by atoms with Crippen LogP contribution in [-0.2, 0) is 14.3 Å². The van der Waals surface area contributed by atoms with E-state index in [0.29, 0.717) is 5.56 Å². The quantitative estimate of drug-likeness (QED) is 0.648. The molecular formula is C11H13ClO4. The Morgan fingerprint density at radius 1 is 1.31 bits per heavy atom. The van der Waals surface area contributed by atoms with Crippen LogP contribution < -0.4 is 0 Å². The number of esters is 1. The molecule has 0 aliphatic rings. The number of halogens is 1. The molecule has 5 heteroatoms. The summed E-state index contributed by atoms with van der Waals surface area (Å²) in [6.07, 6.45) is 0. The first kappa shape index (κ1) is 14.5. The molecule has 0 saturated heterocycles. The van der Waals surface area contributed by atoms with Crippen molar-refractivity contribution in [1.29, 1.82) is 0 Å². The molecule has 1 aromatic carbocycles. The van der Waals surface area contributed by atoms with Gasteiger partial charge in [0.2, 0.25) is 0 Å². The summed E-state index contributed by atoms with van der Waals surface area (Å²) in [5, 5.41) is 8.92. The predicted octanol–water partition coefficient (Wildman–Crippen LogP) is 1.84. The summed E-state index contributed by atoms with van der Waals surface area (Å²) in [4.78, 5) is 22.3. The van der Waals surface area contributed by atoms with Crippen LogP contribution in [0.1, 0.15) is 18.4 Å². The Bertz CT molecular complexity index is 350. The third-order valence-electron chi connectivity index (χ3n) is 1.90. The van der Waals surface area contributed by atoms with Crippen molar-refractivity contribution in [3.05, 3.63) is 35.9 Å². The zero-order chi connectivity index (χ0) is 11.3. The highest BCUT2D eigenvalue weighted by Crippen LogP contribution is 2.17. The van der Waals surface area contributed by atoms with Gasteiger partial charge in [-0.2, -0.15) is 0 Å². The van der Waals surface area contributed by atoms with Gasteiger partial charge in [-0.05, 0) is 12.5 Å². The Labute approximate surface area is 99.6 Å². The van der Waals surface area contributed by atoms with E-state index in [0.717, 1.165) is 0 Å². The molecule has 0 aliphatic carbocycles. The molecule has 0 bridgehead atoms. The fourth-order valence-corrected chi connectivity index (χ4v) is 1.25. The summed E-state index contributed by atoms with van der Waals surface area (Å²) in [5.74, 6) is -3.15. The molecule has 1 atom stereocenters. The second-order valence-electron chi connectivity index (χ2n) is 2.93. The van der Waals surface area contributed by atoms with Crippen LogP contribution in [0.15, 0.2) is 30.3 Å². The van der Waals surface area contributed by atoms with Crippen LogP contribution in [0.3, 0.4) is 0 Å². The molecule has 1 N–H and O–H groups in total. The molecule has 0 fully saturated rings. The van der Waals surface area contributed by atoms with E-state index in [1.54, 1.807) is 37.3 Å². The van der Waals surface area contributed by atoms with E-state index in [-0.39, 0.29) is 19.0 Å². The number of benzene rings is 1. The minimum absolute atomic E-state index is 0. The third-order valence-corrected chi connectivity index (χ3v) is 1.90. The van der Waals surface area contributed by atoms with Gasteiger partial charge in [-0.15, -0.1) is 12.4 Å². The van der Waals surface area contributed by atoms with E-state index in [4.69, 9.17) is 9.84 Å².